The molecule has 1 amide bonds. The standard InChI is InChI=1S/C24H49NO7/c1-3-4-5-6-7-8-9-10-11-24(26)25-12-13-28-16-17-30-20-21-32-23-22-31-19-18-29-15-14-27-2/h3-23H2,1-2H3,(H,25,26). The summed E-state index contributed by atoms with van der Waals surface area (Å²) >= 11 is 0. The van der Waals surface area contributed by atoms with Crippen LogP contribution in [0, 0.1) is 0 Å². The molecule has 0 aliphatic carbocycles. The van der Waals surface area contributed by atoms with Crippen LogP contribution in [0.2, 0.25) is 0 Å². The zero-order chi connectivity index (χ0) is 23.4. The monoisotopic (exact) mass is 463 g/mol. The van der Waals surface area contributed by atoms with E-state index in [1.54, 1.807) is 7.11 Å². The second-order valence-electron chi connectivity index (χ2n) is 7.63. The lowest BCUT2D eigenvalue weighted by Gasteiger charge is -2.08. The second kappa shape index (κ2) is 28.3. The summed E-state index contributed by atoms with van der Waals surface area (Å²) in [5, 5.41) is 2.90. The van der Waals surface area contributed by atoms with Crippen LogP contribution in [0.15, 0.2) is 0 Å². The Hall–Kier alpha value is -0.770. The number of amides is 1. The van der Waals surface area contributed by atoms with Gasteiger partial charge in [-0.05, 0) is 6.42 Å². The number of carbonyl (C=O) groups is 1. The van der Waals surface area contributed by atoms with Gasteiger partial charge in [-0.3, -0.25) is 4.79 Å². The Bertz CT molecular complexity index is 372. The van der Waals surface area contributed by atoms with Gasteiger partial charge in [-0.1, -0.05) is 51.9 Å². The van der Waals surface area contributed by atoms with Gasteiger partial charge in [-0.25, -0.2) is 0 Å². The van der Waals surface area contributed by atoms with E-state index in [0.717, 1.165) is 12.8 Å². The van der Waals surface area contributed by atoms with E-state index in [4.69, 9.17) is 28.4 Å². The molecule has 0 aromatic carbocycles. The van der Waals surface area contributed by atoms with Crippen LogP contribution in [0.5, 0.6) is 0 Å². The molecule has 0 atom stereocenters. The first-order chi connectivity index (χ1) is 15.8. The average Bonchev–Trinajstić information content (AvgIpc) is 2.80. The number of methoxy groups -OCH3 is 1. The third-order valence-corrected chi connectivity index (χ3v) is 4.75. The molecule has 32 heavy (non-hydrogen) atoms. The van der Waals surface area contributed by atoms with E-state index in [1.807, 2.05) is 0 Å². The molecular formula is C24H49NO7. The van der Waals surface area contributed by atoms with Crippen molar-refractivity contribution >= 4 is 5.91 Å². The molecule has 0 unspecified atom stereocenters. The van der Waals surface area contributed by atoms with Crippen LogP contribution in [0.3, 0.4) is 0 Å². The molecule has 0 aliphatic heterocycles. The Labute approximate surface area is 196 Å². The lowest BCUT2D eigenvalue weighted by molar-refractivity contribution is -0.121. The Balaban J connectivity index is 3.11. The highest BCUT2D eigenvalue weighted by molar-refractivity contribution is 5.75. The van der Waals surface area contributed by atoms with Crippen molar-refractivity contribution in [3.63, 3.8) is 0 Å². The molecule has 0 aromatic rings. The predicted molar refractivity (Wildman–Crippen MR) is 126 cm³/mol. The van der Waals surface area contributed by atoms with Gasteiger partial charge in [0.05, 0.1) is 72.7 Å². The Morgan fingerprint density at radius 1 is 0.562 bits per heavy atom. The summed E-state index contributed by atoms with van der Waals surface area (Å²) < 4.78 is 31.9. The highest BCUT2D eigenvalue weighted by Gasteiger charge is 2.00. The van der Waals surface area contributed by atoms with Crippen LogP contribution >= 0.6 is 0 Å². The molecule has 0 saturated heterocycles. The van der Waals surface area contributed by atoms with Crippen molar-refractivity contribution in [1.82, 2.24) is 5.32 Å². The molecule has 1 N–H and O–H groups in total. The Kier molecular flexibility index (Phi) is 27.6. The fourth-order valence-corrected chi connectivity index (χ4v) is 2.89. The molecule has 8 nitrogen and oxygen atoms in total. The Morgan fingerprint density at radius 3 is 1.44 bits per heavy atom. The predicted octanol–water partition coefficient (Wildman–Crippen LogP) is 3.36. The van der Waals surface area contributed by atoms with Crippen LogP contribution in [0.4, 0.5) is 0 Å². The van der Waals surface area contributed by atoms with Crippen LogP contribution in [0.1, 0.15) is 64.7 Å². The molecule has 0 radical (unpaired) electrons. The first kappa shape index (κ1) is 31.2. The summed E-state index contributed by atoms with van der Waals surface area (Å²) in [5.74, 6) is 0.121. The van der Waals surface area contributed by atoms with Gasteiger partial charge in [0.15, 0.2) is 0 Å². The van der Waals surface area contributed by atoms with E-state index in [-0.39, 0.29) is 5.91 Å². The summed E-state index contributed by atoms with van der Waals surface area (Å²) in [4.78, 5) is 11.8. The summed E-state index contributed by atoms with van der Waals surface area (Å²) in [6.07, 6.45) is 10.6. The van der Waals surface area contributed by atoms with E-state index in [2.05, 4.69) is 12.2 Å². The fraction of sp³-hybridized carbons (Fsp3) is 0.958. The molecule has 0 heterocycles. The lowest BCUT2D eigenvalue weighted by Crippen LogP contribution is -2.27. The van der Waals surface area contributed by atoms with Gasteiger partial charge >= 0.3 is 0 Å². The van der Waals surface area contributed by atoms with Gasteiger partial charge in [-0.15, -0.1) is 0 Å². The maximum absolute atomic E-state index is 11.8. The van der Waals surface area contributed by atoms with Crippen LogP contribution in [-0.2, 0) is 33.2 Å². The summed E-state index contributed by atoms with van der Waals surface area (Å²) in [7, 11) is 1.65. The maximum Gasteiger partial charge on any atom is 0.220 e. The van der Waals surface area contributed by atoms with E-state index in [9.17, 15) is 4.79 Å². The molecule has 8 heteroatoms. The quantitative estimate of drug-likeness (QED) is 0.187. The molecule has 0 spiro atoms. The number of carbonyl (C=O) groups excluding carboxylic acids is 1. The minimum Gasteiger partial charge on any atom is -0.382 e. The van der Waals surface area contributed by atoms with Gasteiger partial charge in [0, 0.05) is 20.1 Å². The van der Waals surface area contributed by atoms with Gasteiger partial charge in [0.25, 0.3) is 0 Å². The third kappa shape index (κ3) is 27.3. The zero-order valence-electron chi connectivity index (χ0n) is 20.7. The van der Waals surface area contributed by atoms with Crippen molar-refractivity contribution in [3.05, 3.63) is 0 Å². The SMILES string of the molecule is CCCCCCCCCCC(=O)NCCOCCOCCOCCOCCOCCOC. The minimum absolute atomic E-state index is 0.121. The topological polar surface area (TPSA) is 84.5 Å². The number of hydrogen-bond acceptors (Lipinski definition) is 7. The lowest BCUT2D eigenvalue weighted by atomic mass is 10.1. The second-order valence-corrected chi connectivity index (χ2v) is 7.63. The number of hydrogen-bond donors (Lipinski definition) is 1. The first-order valence-electron chi connectivity index (χ1n) is 12.5. The zero-order valence-corrected chi connectivity index (χ0v) is 20.7. The number of nitrogens with one attached hydrogen (secondary N) is 1. The maximum atomic E-state index is 11.8. The van der Waals surface area contributed by atoms with Crippen LogP contribution in [-0.4, -0.2) is 92.2 Å². The van der Waals surface area contributed by atoms with Crippen LogP contribution < -0.4 is 5.32 Å². The smallest absolute Gasteiger partial charge is 0.220 e. The highest BCUT2D eigenvalue weighted by atomic mass is 16.6. The molecule has 0 fully saturated rings. The van der Waals surface area contributed by atoms with Crippen molar-refractivity contribution < 1.29 is 33.2 Å². The van der Waals surface area contributed by atoms with Crippen LogP contribution in [0.25, 0.3) is 0 Å². The van der Waals surface area contributed by atoms with Crippen molar-refractivity contribution in [2.45, 2.75) is 64.7 Å². The molecular weight excluding hydrogens is 414 g/mol. The van der Waals surface area contributed by atoms with Gasteiger partial charge in [0.2, 0.25) is 5.91 Å². The summed E-state index contributed by atoms with van der Waals surface area (Å²) in [6, 6.07) is 0. The number of unbranched alkanes of at least 4 members (excludes halogenated alkanes) is 7. The van der Waals surface area contributed by atoms with Crippen molar-refractivity contribution in [2.24, 2.45) is 0 Å². The molecule has 192 valence electrons. The van der Waals surface area contributed by atoms with Crippen molar-refractivity contribution in [2.75, 3.05) is 86.3 Å². The average molecular weight is 464 g/mol. The largest absolute Gasteiger partial charge is 0.382 e. The van der Waals surface area contributed by atoms with Crippen molar-refractivity contribution in [3.8, 4) is 0 Å². The summed E-state index contributed by atoms with van der Waals surface area (Å²) in [5.41, 5.74) is 0. The van der Waals surface area contributed by atoms with E-state index < -0.39 is 0 Å². The summed E-state index contributed by atoms with van der Waals surface area (Å²) in [6.45, 7) is 8.78. The van der Waals surface area contributed by atoms with E-state index in [1.165, 1.54) is 38.5 Å². The third-order valence-electron chi connectivity index (χ3n) is 4.75. The van der Waals surface area contributed by atoms with Gasteiger partial charge < -0.3 is 33.7 Å². The Morgan fingerprint density at radius 2 is 0.969 bits per heavy atom. The van der Waals surface area contributed by atoms with Gasteiger partial charge in [0.1, 0.15) is 0 Å². The molecule has 0 bridgehead atoms. The van der Waals surface area contributed by atoms with E-state index in [0.29, 0.717) is 85.6 Å². The molecule has 0 rings (SSSR count). The highest BCUT2D eigenvalue weighted by Crippen LogP contribution is 2.09. The molecule has 0 aliphatic rings. The normalized spacial score (nSPS) is 11.2. The molecule has 0 saturated carbocycles. The van der Waals surface area contributed by atoms with E-state index >= 15 is 0 Å². The minimum atomic E-state index is 0.121. The molecule has 0 aromatic heterocycles. The number of rotatable bonds is 27. The number of ether oxygens (including phenoxy) is 6. The first-order valence-corrected chi connectivity index (χ1v) is 12.5. The fourth-order valence-electron chi connectivity index (χ4n) is 2.89. The van der Waals surface area contributed by atoms with Crippen molar-refractivity contribution in [1.29, 1.82) is 0 Å². The van der Waals surface area contributed by atoms with Gasteiger partial charge in [-0.2, -0.15) is 0 Å².